The lowest BCUT2D eigenvalue weighted by atomic mass is 9.77. The van der Waals surface area contributed by atoms with Gasteiger partial charge < -0.3 is 14.5 Å². The van der Waals surface area contributed by atoms with Gasteiger partial charge >= 0.3 is 0 Å². The first-order chi connectivity index (χ1) is 13.3. The molecule has 0 bridgehead atoms. The number of carbonyl (C=O) groups excluding carboxylic acids is 2. The van der Waals surface area contributed by atoms with Crippen LogP contribution in [0.25, 0.3) is 0 Å². The van der Waals surface area contributed by atoms with Crippen molar-refractivity contribution >= 4 is 11.8 Å². The number of amides is 2. The fourth-order valence-electron chi connectivity index (χ4n) is 4.13. The highest BCUT2D eigenvalue weighted by Crippen LogP contribution is 2.41. The van der Waals surface area contributed by atoms with E-state index in [1.165, 1.54) is 0 Å². The number of benzene rings is 1. The average Bonchev–Trinajstić information content (AvgIpc) is 2.98. The summed E-state index contributed by atoms with van der Waals surface area (Å²) in [6.45, 7) is 2.92. The van der Waals surface area contributed by atoms with Crippen LogP contribution in [0.3, 0.4) is 0 Å². The second-order valence-corrected chi connectivity index (χ2v) is 7.73. The molecule has 0 aliphatic carbocycles. The molecule has 1 spiro atoms. The molecule has 28 heavy (non-hydrogen) atoms. The molecule has 0 N–H and O–H groups in total. The SMILES string of the molecule is COCCCN1CC2(CCN(C(=O)Cc3ccc(F)c(F)c3F)CC2)CC1=O. The number of carbonyl (C=O) groups is 2. The zero-order valence-electron chi connectivity index (χ0n) is 16.0. The molecule has 0 atom stereocenters. The van der Waals surface area contributed by atoms with Crippen LogP contribution >= 0.6 is 0 Å². The van der Waals surface area contributed by atoms with E-state index in [1.807, 2.05) is 4.90 Å². The van der Waals surface area contributed by atoms with Crippen molar-refractivity contribution in [3.05, 3.63) is 35.1 Å². The van der Waals surface area contributed by atoms with E-state index in [9.17, 15) is 22.8 Å². The van der Waals surface area contributed by atoms with Gasteiger partial charge in [0.2, 0.25) is 11.8 Å². The van der Waals surface area contributed by atoms with Gasteiger partial charge in [-0.05, 0) is 25.3 Å². The molecule has 2 aliphatic rings. The summed E-state index contributed by atoms with van der Waals surface area (Å²) in [7, 11) is 1.63. The Morgan fingerprint density at radius 1 is 1.18 bits per heavy atom. The Balaban J connectivity index is 1.55. The fraction of sp³-hybridized carbons (Fsp3) is 0.600. The molecule has 0 unspecified atom stereocenters. The standard InChI is InChI=1S/C20H25F3N2O3/c1-28-10-2-7-25-13-20(12-17(25)27)5-8-24(9-6-20)16(26)11-14-3-4-15(21)19(23)18(14)22/h3-4H,2,5-13H2,1H3. The summed E-state index contributed by atoms with van der Waals surface area (Å²) >= 11 is 0. The van der Waals surface area contributed by atoms with E-state index in [0.29, 0.717) is 52.0 Å². The number of hydrogen-bond acceptors (Lipinski definition) is 3. The van der Waals surface area contributed by atoms with Gasteiger partial charge in [0.25, 0.3) is 0 Å². The molecule has 1 aromatic carbocycles. The van der Waals surface area contributed by atoms with Gasteiger partial charge in [-0.1, -0.05) is 6.07 Å². The lowest BCUT2D eigenvalue weighted by Gasteiger charge is -2.39. The summed E-state index contributed by atoms with van der Waals surface area (Å²) in [5.41, 5.74) is -0.265. The third-order valence-corrected chi connectivity index (χ3v) is 5.82. The zero-order valence-corrected chi connectivity index (χ0v) is 16.0. The van der Waals surface area contributed by atoms with Gasteiger partial charge in [-0.25, -0.2) is 13.2 Å². The molecule has 0 radical (unpaired) electrons. The highest BCUT2D eigenvalue weighted by molar-refractivity contribution is 5.80. The maximum Gasteiger partial charge on any atom is 0.227 e. The normalized spacial score (nSPS) is 18.9. The molecule has 2 heterocycles. The molecule has 0 aromatic heterocycles. The van der Waals surface area contributed by atoms with Gasteiger partial charge in [0.15, 0.2) is 17.5 Å². The Bertz CT molecular complexity index is 748. The van der Waals surface area contributed by atoms with Crippen LogP contribution in [0.5, 0.6) is 0 Å². The third-order valence-electron chi connectivity index (χ3n) is 5.82. The number of hydrogen-bond donors (Lipinski definition) is 0. The summed E-state index contributed by atoms with van der Waals surface area (Å²) in [6.07, 6.45) is 2.37. The van der Waals surface area contributed by atoms with Crippen LogP contribution < -0.4 is 0 Å². The van der Waals surface area contributed by atoms with Crippen molar-refractivity contribution in [2.45, 2.75) is 32.1 Å². The topological polar surface area (TPSA) is 49.9 Å². The maximum absolute atomic E-state index is 13.8. The number of piperidine rings is 1. The maximum atomic E-state index is 13.8. The average molecular weight is 398 g/mol. The quantitative estimate of drug-likeness (QED) is 0.547. The van der Waals surface area contributed by atoms with Crippen LogP contribution in [-0.4, -0.2) is 61.5 Å². The highest BCUT2D eigenvalue weighted by Gasteiger charge is 2.45. The molecule has 5 nitrogen and oxygen atoms in total. The lowest BCUT2D eigenvalue weighted by Crippen LogP contribution is -2.45. The van der Waals surface area contributed by atoms with E-state index in [2.05, 4.69) is 0 Å². The molecular weight excluding hydrogens is 373 g/mol. The first-order valence-corrected chi connectivity index (χ1v) is 9.52. The van der Waals surface area contributed by atoms with Crippen molar-refractivity contribution in [2.75, 3.05) is 39.9 Å². The molecule has 8 heteroatoms. The second-order valence-electron chi connectivity index (χ2n) is 7.73. The van der Waals surface area contributed by atoms with E-state index in [4.69, 9.17) is 4.74 Å². The second kappa shape index (κ2) is 8.51. The first-order valence-electron chi connectivity index (χ1n) is 9.52. The van der Waals surface area contributed by atoms with Crippen molar-refractivity contribution < 1.29 is 27.5 Å². The van der Waals surface area contributed by atoms with Gasteiger partial charge in [0.05, 0.1) is 6.42 Å². The Kier molecular flexibility index (Phi) is 6.27. The van der Waals surface area contributed by atoms with Gasteiger partial charge in [0, 0.05) is 57.3 Å². The van der Waals surface area contributed by atoms with Crippen molar-refractivity contribution in [3.63, 3.8) is 0 Å². The predicted octanol–water partition coefficient (Wildman–Crippen LogP) is 2.52. The minimum Gasteiger partial charge on any atom is -0.385 e. The van der Waals surface area contributed by atoms with Crippen LogP contribution in [0.15, 0.2) is 12.1 Å². The lowest BCUT2D eigenvalue weighted by molar-refractivity contribution is -0.132. The third kappa shape index (κ3) is 4.32. The molecule has 3 rings (SSSR count). The highest BCUT2D eigenvalue weighted by atomic mass is 19.2. The molecule has 154 valence electrons. The van der Waals surface area contributed by atoms with Crippen LogP contribution in [0, 0.1) is 22.9 Å². The summed E-state index contributed by atoms with van der Waals surface area (Å²) < 4.78 is 45.2. The van der Waals surface area contributed by atoms with Crippen LogP contribution in [-0.2, 0) is 20.7 Å². The Labute approximate surface area is 162 Å². The van der Waals surface area contributed by atoms with Gasteiger partial charge in [-0.2, -0.15) is 0 Å². The predicted molar refractivity (Wildman–Crippen MR) is 96.0 cm³/mol. The van der Waals surface area contributed by atoms with E-state index in [0.717, 1.165) is 18.6 Å². The van der Waals surface area contributed by atoms with Gasteiger partial charge in [-0.3, -0.25) is 9.59 Å². The number of halogens is 3. The molecule has 0 saturated carbocycles. The smallest absolute Gasteiger partial charge is 0.227 e. The van der Waals surface area contributed by atoms with Crippen molar-refractivity contribution in [1.29, 1.82) is 0 Å². The van der Waals surface area contributed by atoms with Crippen LogP contribution in [0.1, 0.15) is 31.2 Å². The van der Waals surface area contributed by atoms with Gasteiger partial charge in [-0.15, -0.1) is 0 Å². The summed E-state index contributed by atoms with van der Waals surface area (Å²) in [4.78, 5) is 28.2. The van der Waals surface area contributed by atoms with E-state index in [1.54, 1.807) is 12.0 Å². The van der Waals surface area contributed by atoms with E-state index < -0.39 is 17.5 Å². The van der Waals surface area contributed by atoms with Gasteiger partial charge in [0.1, 0.15) is 0 Å². The fourth-order valence-corrected chi connectivity index (χ4v) is 4.13. The van der Waals surface area contributed by atoms with E-state index in [-0.39, 0.29) is 29.2 Å². The Morgan fingerprint density at radius 3 is 2.57 bits per heavy atom. The minimum absolute atomic E-state index is 0.117. The number of likely N-dealkylation sites (tertiary alicyclic amines) is 2. The first kappa shape index (κ1) is 20.6. The molecule has 2 fully saturated rings. The number of methoxy groups -OCH3 is 1. The Hall–Kier alpha value is -2.09. The van der Waals surface area contributed by atoms with E-state index >= 15 is 0 Å². The molecule has 1 aromatic rings. The molecule has 2 saturated heterocycles. The van der Waals surface area contributed by atoms with Crippen LogP contribution in [0.2, 0.25) is 0 Å². The molecule has 2 aliphatic heterocycles. The summed E-state index contributed by atoms with van der Waals surface area (Å²) in [5, 5.41) is 0. The summed E-state index contributed by atoms with van der Waals surface area (Å²) in [5.74, 6) is -4.31. The van der Waals surface area contributed by atoms with Crippen molar-refractivity contribution in [2.24, 2.45) is 5.41 Å². The molecule has 2 amide bonds. The minimum atomic E-state index is -1.55. The number of ether oxygens (including phenoxy) is 1. The van der Waals surface area contributed by atoms with Crippen molar-refractivity contribution in [3.8, 4) is 0 Å². The molecular formula is C20H25F3N2O3. The summed E-state index contributed by atoms with van der Waals surface area (Å²) in [6, 6.07) is 1.93. The monoisotopic (exact) mass is 398 g/mol. The van der Waals surface area contributed by atoms with Crippen LogP contribution in [0.4, 0.5) is 13.2 Å². The Morgan fingerprint density at radius 2 is 1.89 bits per heavy atom. The largest absolute Gasteiger partial charge is 0.385 e. The van der Waals surface area contributed by atoms with Crippen molar-refractivity contribution in [1.82, 2.24) is 9.80 Å². The number of rotatable bonds is 6. The number of nitrogens with zero attached hydrogens (tertiary/aromatic N) is 2. The zero-order chi connectivity index (χ0) is 20.3.